The molecule has 0 aliphatic carbocycles. The summed E-state index contributed by atoms with van der Waals surface area (Å²) < 4.78 is 62.0. The molecule has 4 heterocycles. The van der Waals surface area contributed by atoms with Crippen molar-refractivity contribution in [3.05, 3.63) is 59.2 Å². The molecule has 0 amide bonds. The molecular formula is C30H37F2N7O3S. The average Bonchev–Trinajstić information content (AvgIpc) is 3.29. The molecule has 0 unspecified atom stereocenters. The summed E-state index contributed by atoms with van der Waals surface area (Å²) in [5.74, 6) is -0.458. The van der Waals surface area contributed by atoms with Crippen molar-refractivity contribution in [2.75, 3.05) is 31.0 Å². The molecule has 0 saturated carbocycles. The van der Waals surface area contributed by atoms with Crippen LogP contribution < -0.4 is 5.06 Å². The standard InChI is InChI=1S/C30H37F2N7O3S/c1-7-37-12-10-21(11-13-37)14-22-8-9-27(34-19(22)4)39(42-43(6,40)41)30-33-17-25(32)28(36-30)23-15-24(31)29-26(16-23)38(18(2)3)20(5)35-29/h8-9,15-18,21H,7,10-14H2,1-6H3. The lowest BCUT2D eigenvalue weighted by atomic mass is 9.90. The Hall–Kier alpha value is -3.55. The largest absolute Gasteiger partial charge is 0.326 e. The van der Waals surface area contributed by atoms with E-state index < -0.39 is 21.8 Å². The lowest BCUT2D eigenvalue weighted by molar-refractivity contribution is 0.192. The van der Waals surface area contributed by atoms with Gasteiger partial charge in [0.2, 0.25) is 0 Å². The van der Waals surface area contributed by atoms with Crippen LogP contribution in [-0.2, 0) is 20.8 Å². The van der Waals surface area contributed by atoms with Gasteiger partial charge >= 0.3 is 0 Å². The van der Waals surface area contributed by atoms with Gasteiger partial charge in [-0.1, -0.05) is 13.0 Å². The Morgan fingerprint density at radius 1 is 1.07 bits per heavy atom. The second kappa shape index (κ2) is 12.2. The van der Waals surface area contributed by atoms with Gasteiger partial charge in [0.25, 0.3) is 16.1 Å². The fraction of sp³-hybridized carbons (Fsp3) is 0.467. The van der Waals surface area contributed by atoms with Crippen LogP contribution in [0.3, 0.4) is 0 Å². The van der Waals surface area contributed by atoms with Crippen LogP contribution in [0, 0.1) is 31.4 Å². The van der Waals surface area contributed by atoms with Gasteiger partial charge in [-0.3, -0.25) is 0 Å². The summed E-state index contributed by atoms with van der Waals surface area (Å²) in [7, 11) is -4.07. The summed E-state index contributed by atoms with van der Waals surface area (Å²) >= 11 is 0. The Bertz CT molecular complexity index is 1750. The normalized spacial score (nSPS) is 15.1. The van der Waals surface area contributed by atoms with E-state index in [1.165, 1.54) is 0 Å². The Morgan fingerprint density at radius 2 is 1.79 bits per heavy atom. The van der Waals surface area contributed by atoms with E-state index in [1.54, 1.807) is 19.1 Å². The van der Waals surface area contributed by atoms with Crippen LogP contribution >= 0.6 is 0 Å². The molecule has 1 aliphatic heterocycles. The molecule has 10 nitrogen and oxygen atoms in total. The molecule has 13 heteroatoms. The Labute approximate surface area is 250 Å². The summed E-state index contributed by atoms with van der Waals surface area (Å²) in [5.41, 5.74) is 2.33. The van der Waals surface area contributed by atoms with Crippen molar-refractivity contribution in [1.29, 1.82) is 0 Å². The summed E-state index contributed by atoms with van der Waals surface area (Å²) in [4.78, 5) is 19.7. The van der Waals surface area contributed by atoms with Crippen molar-refractivity contribution in [3.8, 4) is 11.3 Å². The first-order valence-corrected chi connectivity index (χ1v) is 16.3. The summed E-state index contributed by atoms with van der Waals surface area (Å²) in [6, 6.07) is 6.27. The summed E-state index contributed by atoms with van der Waals surface area (Å²) in [6.07, 6.45) is 4.85. The predicted octanol–water partition coefficient (Wildman–Crippen LogP) is 5.67. The minimum Gasteiger partial charge on any atom is -0.326 e. The van der Waals surface area contributed by atoms with E-state index in [-0.39, 0.29) is 34.6 Å². The lowest BCUT2D eigenvalue weighted by Crippen LogP contribution is -2.34. The average molecular weight is 614 g/mol. The van der Waals surface area contributed by atoms with Gasteiger partial charge in [-0.2, -0.15) is 8.42 Å². The molecule has 0 N–H and O–H groups in total. The van der Waals surface area contributed by atoms with Crippen molar-refractivity contribution < 1.29 is 21.5 Å². The third kappa shape index (κ3) is 6.68. The molecule has 0 atom stereocenters. The number of pyridine rings is 1. The van der Waals surface area contributed by atoms with Crippen molar-refractivity contribution in [1.82, 2.24) is 29.4 Å². The molecule has 5 rings (SSSR count). The number of benzene rings is 1. The molecule has 0 spiro atoms. The molecule has 230 valence electrons. The van der Waals surface area contributed by atoms with Gasteiger partial charge in [-0.15, -0.1) is 9.35 Å². The second-order valence-corrected chi connectivity index (χ2v) is 12.9. The number of aryl methyl sites for hydroxylation is 2. The Morgan fingerprint density at radius 3 is 2.42 bits per heavy atom. The SMILES string of the molecule is CCN1CCC(Cc2ccc(N(OS(C)(=O)=O)c3ncc(F)c(-c4cc(F)c5nc(C)n(C(C)C)c5c4)n3)nc2C)CC1. The summed E-state index contributed by atoms with van der Waals surface area (Å²) in [6.45, 7) is 12.9. The predicted molar refractivity (Wildman–Crippen MR) is 161 cm³/mol. The first-order chi connectivity index (χ1) is 20.3. The molecule has 0 bridgehead atoms. The maximum atomic E-state index is 15.2. The van der Waals surface area contributed by atoms with Crippen LogP contribution in [0.15, 0.2) is 30.5 Å². The van der Waals surface area contributed by atoms with Crippen LogP contribution in [0.25, 0.3) is 22.3 Å². The minimum absolute atomic E-state index is 0.0226. The molecule has 1 aromatic carbocycles. The fourth-order valence-corrected chi connectivity index (χ4v) is 6.16. The number of imidazole rings is 1. The molecule has 3 aromatic heterocycles. The molecule has 1 aliphatic rings. The highest BCUT2D eigenvalue weighted by molar-refractivity contribution is 7.86. The molecule has 0 radical (unpaired) electrons. The zero-order valence-electron chi connectivity index (χ0n) is 25.3. The third-order valence-corrected chi connectivity index (χ3v) is 8.31. The Balaban J connectivity index is 1.52. The van der Waals surface area contributed by atoms with Gasteiger partial charge in [-0.05, 0) is 96.3 Å². The number of anilines is 2. The van der Waals surface area contributed by atoms with Crippen LogP contribution in [0.5, 0.6) is 0 Å². The second-order valence-electron chi connectivity index (χ2n) is 11.4. The van der Waals surface area contributed by atoms with Crippen LogP contribution in [0.1, 0.15) is 56.7 Å². The number of aromatic nitrogens is 5. The van der Waals surface area contributed by atoms with Gasteiger partial charge in [0.1, 0.15) is 17.0 Å². The van der Waals surface area contributed by atoms with E-state index >= 15 is 8.78 Å². The number of piperidine rings is 1. The first-order valence-electron chi connectivity index (χ1n) is 14.4. The fourth-order valence-electron chi connectivity index (χ4n) is 5.75. The maximum Gasteiger partial charge on any atom is 0.285 e. The van der Waals surface area contributed by atoms with E-state index in [2.05, 4.69) is 31.8 Å². The van der Waals surface area contributed by atoms with E-state index in [9.17, 15) is 8.42 Å². The van der Waals surface area contributed by atoms with Crippen LogP contribution in [-0.4, -0.2) is 63.7 Å². The van der Waals surface area contributed by atoms with Crippen molar-refractivity contribution in [2.45, 2.75) is 59.9 Å². The lowest BCUT2D eigenvalue weighted by Gasteiger charge is -2.31. The number of fused-ring (bicyclic) bond motifs is 1. The smallest absolute Gasteiger partial charge is 0.285 e. The number of halogens is 2. The van der Waals surface area contributed by atoms with Crippen molar-refractivity contribution in [3.63, 3.8) is 0 Å². The van der Waals surface area contributed by atoms with Gasteiger partial charge in [0.05, 0.1) is 18.0 Å². The number of likely N-dealkylation sites (tertiary alicyclic amines) is 1. The zero-order chi connectivity index (χ0) is 31.1. The van der Waals surface area contributed by atoms with Crippen molar-refractivity contribution >= 4 is 32.9 Å². The molecular weight excluding hydrogens is 576 g/mol. The van der Waals surface area contributed by atoms with Gasteiger partial charge in [0.15, 0.2) is 17.5 Å². The topological polar surface area (TPSA) is 106 Å². The van der Waals surface area contributed by atoms with Crippen LogP contribution in [0.2, 0.25) is 0 Å². The molecule has 43 heavy (non-hydrogen) atoms. The zero-order valence-corrected chi connectivity index (χ0v) is 26.1. The number of rotatable bonds is 9. The number of hydrogen-bond donors (Lipinski definition) is 0. The molecule has 4 aromatic rings. The van der Waals surface area contributed by atoms with E-state index in [0.29, 0.717) is 23.0 Å². The third-order valence-electron chi connectivity index (χ3n) is 7.89. The van der Waals surface area contributed by atoms with E-state index in [4.69, 9.17) is 4.28 Å². The first kappa shape index (κ1) is 30.9. The highest BCUT2D eigenvalue weighted by Gasteiger charge is 2.25. The van der Waals surface area contributed by atoms with Crippen LogP contribution in [0.4, 0.5) is 20.5 Å². The number of hydrogen-bond acceptors (Lipinski definition) is 9. The molecule has 1 saturated heterocycles. The van der Waals surface area contributed by atoms with E-state index in [1.807, 2.05) is 31.4 Å². The van der Waals surface area contributed by atoms with E-state index in [0.717, 1.165) is 68.0 Å². The van der Waals surface area contributed by atoms with Gasteiger partial charge in [-0.25, -0.2) is 28.7 Å². The minimum atomic E-state index is -4.07. The maximum absolute atomic E-state index is 15.2. The monoisotopic (exact) mass is 613 g/mol. The summed E-state index contributed by atoms with van der Waals surface area (Å²) in [5, 5.41) is 0.853. The van der Waals surface area contributed by atoms with Gasteiger partial charge < -0.3 is 9.47 Å². The van der Waals surface area contributed by atoms with Gasteiger partial charge in [0, 0.05) is 17.3 Å². The quantitative estimate of drug-likeness (QED) is 0.221. The highest BCUT2D eigenvalue weighted by atomic mass is 32.2. The Kier molecular flexibility index (Phi) is 8.77. The molecule has 1 fully saturated rings. The number of nitrogens with zero attached hydrogens (tertiary/aromatic N) is 7. The van der Waals surface area contributed by atoms with Crippen molar-refractivity contribution in [2.24, 2.45) is 5.92 Å². The highest BCUT2D eigenvalue weighted by Crippen LogP contribution is 2.32.